The van der Waals surface area contributed by atoms with Crippen LogP contribution >= 0.6 is 0 Å². The van der Waals surface area contributed by atoms with Crippen LogP contribution < -0.4 is 5.43 Å². The zero-order chi connectivity index (χ0) is 15.1. The minimum absolute atomic E-state index is 0.250. The van der Waals surface area contributed by atoms with Gasteiger partial charge in [0.25, 0.3) is 5.91 Å². The molecule has 0 saturated carbocycles. The third-order valence-corrected chi connectivity index (χ3v) is 2.87. The lowest BCUT2D eigenvalue weighted by Gasteiger charge is -2.00. The molecule has 0 radical (unpaired) electrons. The van der Waals surface area contributed by atoms with Gasteiger partial charge in [-0.05, 0) is 37.6 Å². The Kier molecular flexibility index (Phi) is 4.99. The molecule has 0 fully saturated rings. The molecule has 0 aliphatic carbocycles. The van der Waals surface area contributed by atoms with Crippen molar-refractivity contribution in [3.05, 3.63) is 71.6 Å². The summed E-state index contributed by atoms with van der Waals surface area (Å²) in [5.74, 6) is -0.250. The summed E-state index contributed by atoms with van der Waals surface area (Å²) < 4.78 is 0. The van der Waals surface area contributed by atoms with Crippen molar-refractivity contribution in [3.8, 4) is 0 Å². The minimum atomic E-state index is -0.250. The summed E-state index contributed by atoms with van der Waals surface area (Å²) in [6, 6.07) is 11.5. The van der Waals surface area contributed by atoms with Crippen molar-refractivity contribution in [3.63, 3.8) is 0 Å². The molecule has 4 nitrogen and oxygen atoms in total. The second kappa shape index (κ2) is 7.14. The normalized spacial score (nSPS) is 11.6. The van der Waals surface area contributed by atoms with Gasteiger partial charge >= 0.3 is 0 Å². The molecular formula is C17H17N3O. The monoisotopic (exact) mass is 279 g/mol. The Morgan fingerprint density at radius 2 is 1.81 bits per heavy atom. The highest BCUT2D eigenvalue weighted by Gasteiger charge is 2.02. The molecule has 1 aromatic heterocycles. The molecule has 2 rings (SSSR count). The summed E-state index contributed by atoms with van der Waals surface area (Å²) >= 11 is 0. The fourth-order valence-electron chi connectivity index (χ4n) is 1.64. The van der Waals surface area contributed by atoms with Crippen molar-refractivity contribution in [1.29, 1.82) is 0 Å². The van der Waals surface area contributed by atoms with Gasteiger partial charge in [0.15, 0.2) is 0 Å². The largest absolute Gasteiger partial charge is 0.271 e. The summed E-state index contributed by atoms with van der Waals surface area (Å²) in [4.78, 5) is 15.7. The molecule has 1 amide bonds. The number of allylic oxidation sites excluding steroid dienone is 1. The molecular weight excluding hydrogens is 262 g/mol. The predicted octanol–water partition coefficient (Wildman–Crippen LogP) is 3.21. The quantitative estimate of drug-likeness (QED) is 0.690. The topological polar surface area (TPSA) is 54.4 Å². The smallest absolute Gasteiger partial charge is 0.267 e. The van der Waals surface area contributed by atoms with Crippen LogP contribution in [0.5, 0.6) is 0 Å². The van der Waals surface area contributed by atoms with E-state index in [1.165, 1.54) is 5.56 Å². The average molecular weight is 279 g/mol. The van der Waals surface area contributed by atoms with Crippen molar-refractivity contribution >= 4 is 17.7 Å². The Hall–Kier alpha value is -2.75. The third-order valence-electron chi connectivity index (χ3n) is 2.87. The first-order valence-corrected chi connectivity index (χ1v) is 6.64. The standard InChI is InChI=1S/C17H17N3O/c1-13-3-6-15(7-4-13)8-5-14(2)19-20-17(21)16-9-11-18-12-10-16/h3-12H,1-2H3,(H,20,21)/b8-5+,19-14-. The van der Waals surface area contributed by atoms with Gasteiger partial charge in [-0.2, -0.15) is 5.10 Å². The molecule has 4 heteroatoms. The van der Waals surface area contributed by atoms with Gasteiger partial charge in [-0.1, -0.05) is 35.9 Å². The number of benzene rings is 1. The van der Waals surface area contributed by atoms with E-state index >= 15 is 0 Å². The van der Waals surface area contributed by atoms with E-state index < -0.39 is 0 Å². The van der Waals surface area contributed by atoms with Crippen LogP contribution in [0.25, 0.3) is 6.08 Å². The van der Waals surface area contributed by atoms with Crippen LogP contribution in [0.2, 0.25) is 0 Å². The number of carbonyl (C=O) groups excluding carboxylic acids is 1. The number of nitrogens with one attached hydrogen (secondary N) is 1. The van der Waals surface area contributed by atoms with E-state index in [9.17, 15) is 4.79 Å². The molecule has 1 heterocycles. The van der Waals surface area contributed by atoms with Crippen LogP contribution in [-0.4, -0.2) is 16.6 Å². The van der Waals surface area contributed by atoms with E-state index in [1.807, 2.05) is 31.2 Å². The first-order valence-electron chi connectivity index (χ1n) is 6.64. The van der Waals surface area contributed by atoms with E-state index in [4.69, 9.17) is 0 Å². The molecule has 2 aromatic rings. The molecule has 0 bridgehead atoms. The molecule has 0 spiro atoms. The molecule has 0 atom stereocenters. The van der Waals surface area contributed by atoms with Gasteiger partial charge < -0.3 is 0 Å². The fourth-order valence-corrected chi connectivity index (χ4v) is 1.64. The number of hydrogen-bond donors (Lipinski definition) is 1. The maximum Gasteiger partial charge on any atom is 0.271 e. The van der Waals surface area contributed by atoms with Gasteiger partial charge in [0.05, 0.1) is 5.71 Å². The van der Waals surface area contributed by atoms with Crippen LogP contribution in [0.4, 0.5) is 0 Å². The number of carbonyl (C=O) groups is 1. The SMILES string of the molecule is CC(/C=C/c1ccc(C)cc1)=N/NC(=O)c1ccncc1. The zero-order valence-electron chi connectivity index (χ0n) is 12.1. The first-order chi connectivity index (χ1) is 10.1. The predicted molar refractivity (Wildman–Crippen MR) is 85.0 cm³/mol. The molecule has 0 unspecified atom stereocenters. The highest BCUT2D eigenvalue weighted by molar-refractivity contribution is 5.99. The summed E-state index contributed by atoms with van der Waals surface area (Å²) in [5.41, 5.74) is 6.08. The highest BCUT2D eigenvalue weighted by atomic mass is 16.2. The Morgan fingerprint density at radius 1 is 1.14 bits per heavy atom. The van der Waals surface area contributed by atoms with Gasteiger partial charge in [-0.25, -0.2) is 5.43 Å². The minimum Gasteiger partial charge on any atom is -0.267 e. The number of rotatable bonds is 4. The van der Waals surface area contributed by atoms with Crippen molar-refractivity contribution < 1.29 is 4.79 Å². The van der Waals surface area contributed by atoms with Crippen LogP contribution in [0.1, 0.15) is 28.4 Å². The van der Waals surface area contributed by atoms with Gasteiger partial charge in [0.1, 0.15) is 0 Å². The summed E-state index contributed by atoms with van der Waals surface area (Å²) in [6.45, 7) is 3.88. The number of nitrogens with zero attached hydrogens (tertiary/aromatic N) is 2. The van der Waals surface area contributed by atoms with Gasteiger partial charge in [-0.15, -0.1) is 0 Å². The lowest BCUT2D eigenvalue weighted by atomic mass is 10.1. The summed E-state index contributed by atoms with van der Waals surface area (Å²) in [7, 11) is 0. The van der Waals surface area contributed by atoms with Gasteiger partial charge in [0, 0.05) is 18.0 Å². The number of aromatic nitrogens is 1. The maximum absolute atomic E-state index is 11.8. The second-order valence-electron chi connectivity index (χ2n) is 4.67. The van der Waals surface area contributed by atoms with Crippen molar-refractivity contribution in [2.45, 2.75) is 13.8 Å². The molecule has 0 saturated heterocycles. The van der Waals surface area contributed by atoms with Crippen molar-refractivity contribution in [2.75, 3.05) is 0 Å². The van der Waals surface area contributed by atoms with Crippen molar-refractivity contribution in [1.82, 2.24) is 10.4 Å². The first kappa shape index (κ1) is 14.7. The van der Waals surface area contributed by atoms with Crippen LogP contribution in [0, 0.1) is 6.92 Å². The number of aryl methyl sites for hydroxylation is 1. The Labute approximate surface area is 124 Å². The molecule has 0 aliphatic heterocycles. The third kappa shape index (κ3) is 4.69. The van der Waals surface area contributed by atoms with E-state index in [0.29, 0.717) is 5.56 Å². The van der Waals surface area contributed by atoms with E-state index in [1.54, 1.807) is 24.5 Å². The Morgan fingerprint density at radius 3 is 2.48 bits per heavy atom. The van der Waals surface area contributed by atoms with Crippen molar-refractivity contribution in [2.24, 2.45) is 5.10 Å². The number of hydrogen-bond acceptors (Lipinski definition) is 3. The summed E-state index contributed by atoms with van der Waals surface area (Å²) in [6.07, 6.45) is 6.96. The maximum atomic E-state index is 11.8. The lowest BCUT2D eigenvalue weighted by molar-refractivity contribution is 0.0954. The Balaban J connectivity index is 1.95. The Bertz CT molecular complexity index is 658. The molecule has 1 aromatic carbocycles. The molecule has 106 valence electrons. The van der Waals surface area contributed by atoms with Crippen LogP contribution in [-0.2, 0) is 0 Å². The van der Waals surface area contributed by atoms with Crippen LogP contribution in [0.15, 0.2) is 60.0 Å². The number of pyridine rings is 1. The lowest BCUT2D eigenvalue weighted by Crippen LogP contribution is -2.18. The van der Waals surface area contributed by atoms with E-state index in [0.717, 1.165) is 11.3 Å². The zero-order valence-corrected chi connectivity index (χ0v) is 12.1. The highest BCUT2D eigenvalue weighted by Crippen LogP contribution is 2.05. The fraction of sp³-hybridized carbons (Fsp3) is 0.118. The van der Waals surface area contributed by atoms with E-state index in [2.05, 4.69) is 34.6 Å². The van der Waals surface area contributed by atoms with Gasteiger partial charge in [0.2, 0.25) is 0 Å². The molecule has 21 heavy (non-hydrogen) atoms. The van der Waals surface area contributed by atoms with Crippen LogP contribution in [0.3, 0.4) is 0 Å². The molecule has 0 aliphatic rings. The molecule has 1 N–H and O–H groups in total. The summed E-state index contributed by atoms with van der Waals surface area (Å²) in [5, 5.41) is 4.04. The number of amides is 1. The average Bonchev–Trinajstić information content (AvgIpc) is 2.53. The van der Waals surface area contributed by atoms with Gasteiger partial charge in [-0.3, -0.25) is 9.78 Å². The van der Waals surface area contributed by atoms with E-state index in [-0.39, 0.29) is 5.91 Å². The second-order valence-corrected chi connectivity index (χ2v) is 4.67. The number of hydrazone groups is 1.